The Morgan fingerprint density at radius 3 is 2.62 bits per heavy atom. The van der Waals surface area contributed by atoms with Crippen molar-refractivity contribution in [1.29, 1.82) is 0 Å². The van der Waals surface area contributed by atoms with E-state index in [1.807, 2.05) is 12.1 Å². The molecule has 1 heterocycles. The van der Waals surface area contributed by atoms with Gasteiger partial charge < -0.3 is 19.5 Å². The Morgan fingerprint density at radius 2 is 1.92 bits per heavy atom. The van der Waals surface area contributed by atoms with E-state index in [2.05, 4.69) is 0 Å². The highest BCUT2D eigenvalue weighted by Gasteiger charge is 2.35. The first kappa shape index (κ1) is 17.8. The predicted octanol–water partition coefficient (Wildman–Crippen LogP) is 2.46. The molecule has 0 fully saturated rings. The Hall–Kier alpha value is -3.02. The molecule has 0 saturated carbocycles. The number of methoxy groups -OCH3 is 2. The number of aliphatic carboxylic acids is 1. The summed E-state index contributed by atoms with van der Waals surface area (Å²) in [7, 11) is 3.09. The lowest BCUT2D eigenvalue weighted by Gasteiger charge is -2.35. The molecule has 136 valence electrons. The van der Waals surface area contributed by atoms with Crippen LogP contribution in [0.15, 0.2) is 42.5 Å². The van der Waals surface area contributed by atoms with Crippen LogP contribution in [0.5, 0.6) is 11.5 Å². The van der Waals surface area contributed by atoms with Gasteiger partial charge in [0.1, 0.15) is 11.5 Å². The summed E-state index contributed by atoms with van der Waals surface area (Å²) in [6.45, 7) is 0.374. The largest absolute Gasteiger partial charge is 0.497 e. The molecule has 3 rings (SSSR count). The van der Waals surface area contributed by atoms with Crippen LogP contribution in [0, 0.1) is 0 Å². The van der Waals surface area contributed by atoms with Crippen LogP contribution in [-0.4, -0.2) is 42.6 Å². The Kier molecular flexibility index (Phi) is 5.11. The fraction of sp³-hybridized carbons (Fsp3) is 0.300. The van der Waals surface area contributed by atoms with Gasteiger partial charge in [-0.1, -0.05) is 24.3 Å². The molecule has 1 atom stereocenters. The number of fused-ring (bicyclic) bond motifs is 1. The number of hydrogen-bond acceptors (Lipinski definition) is 4. The van der Waals surface area contributed by atoms with Gasteiger partial charge in [0.25, 0.3) is 0 Å². The third-order valence-corrected chi connectivity index (χ3v) is 4.67. The van der Waals surface area contributed by atoms with Gasteiger partial charge in [-0.3, -0.25) is 4.79 Å². The average Bonchev–Trinajstić information content (AvgIpc) is 2.66. The number of carbonyl (C=O) groups is 2. The SMILES string of the molecule is COc1ccc(OC)c(CC(=O)N2CCc3ccccc3C2C(=O)O)c1. The fourth-order valence-corrected chi connectivity index (χ4v) is 3.39. The van der Waals surface area contributed by atoms with Crippen molar-refractivity contribution >= 4 is 11.9 Å². The molecular weight excluding hydrogens is 334 g/mol. The second-order valence-corrected chi connectivity index (χ2v) is 6.13. The van der Waals surface area contributed by atoms with Crippen molar-refractivity contribution in [1.82, 2.24) is 4.90 Å². The number of carboxylic acid groups (broad SMARTS) is 1. The minimum absolute atomic E-state index is 0.0479. The van der Waals surface area contributed by atoms with Gasteiger partial charge in [-0.15, -0.1) is 0 Å². The van der Waals surface area contributed by atoms with Crippen molar-refractivity contribution in [2.24, 2.45) is 0 Å². The molecule has 0 aromatic heterocycles. The standard InChI is InChI=1S/C20H21NO5/c1-25-15-7-8-17(26-2)14(11-15)12-18(22)21-10-9-13-5-3-4-6-16(13)19(21)20(23)24/h3-8,11,19H,9-10,12H2,1-2H3,(H,23,24). The highest BCUT2D eigenvalue weighted by molar-refractivity contribution is 5.87. The van der Waals surface area contributed by atoms with E-state index in [1.54, 1.807) is 37.4 Å². The summed E-state index contributed by atoms with van der Waals surface area (Å²) in [6, 6.07) is 11.6. The number of hydrogen-bond donors (Lipinski definition) is 1. The zero-order valence-corrected chi connectivity index (χ0v) is 14.8. The Balaban J connectivity index is 1.89. The quantitative estimate of drug-likeness (QED) is 0.892. The molecule has 1 amide bonds. The van der Waals surface area contributed by atoms with Gasteiger partial charge in [0.15, 0.2) is 6.04 Å². The van der Waals surface area contributed by atoms with Crippen LogP contribution in [0.25, 0.3) is 0 Å². The zero-order valence-electron chi connectivity index (χ0n) is 14.8. The summed E-state index contributed by atoms with van der Waals surface area (Å²) in [5.41, 5.74) is 2.32. The monoisotopic (exact) mass is 355 g/mol. The smallest absolute Gasteiger partial charge is 0.331 e. The lowest BCUT2D eigenvalue weighted by molar-refractivity contribution is -0.151. The lowest BCUT2D eigenvalue weighted by atomic mass is 9.92. The second kappa shape index (κ2) is 7.47. The number of rotatable bonds is 5. The third kappa shape index (κ3) is 3.35. The average molecular weight is 355 g/mol. The molecule has 1 N–H and O–H groups in total. The van der Waals surface area contributed by atoms with Gasteiger partial charge in [0, 0.05) is 12.1 Å². The summed E-state index contributed by atoms with van der Waals surface area (Å²) in [6.07, 6.45) is 0.688. The first-order valence-electron chi connectivity index (χ1n) is 8.36. The molecular formula is C20H21NO5. The van der Waals surface area contributed by atoms with Crippen LogP contribution in [-0.2, 0) is 22.4 Å². The first-order valence-corrected chi connectivity index (χ1v) is 8.36. The van der Waals surface area contributed by atoms with Crippen molar-refractivity contribution in [2.45, 2.75) is 18.9 Å². The molecule has 1 aliphatic heterocycles. The van der Waals surface area contributed by atoms with Crippen LogP contribution >= 0.6 is 0 Å². The molecule has 6 heteroatoms. The van der Waals surface area contributed by atoms with E-state index in [-0.39, 0.29) is 12.3 Å². The highest BCUT2D eigenvalue weighted by Crippen LogP contribution is 2.31. The molecule has 0 saturated heterocycles. The molecule has 6 nitrogen and oxygen atoms in total. The van der Waals surface area contributed by atoms with E-state index in [0.29, 0.717) is 35.6 Å². The van der Waals surface area contributed by atoms with Crippen LogP contribution in [0.3, 0.4) is 0 Å². The maximum absolute atomic E-state index is 12.9. The summed E-state index contributed by atoms with van der Waals surface area (Å²) < 4.78 is 10.5. The maximum Gasteiger partial charge on any atom is 0.331 e. The highest BCUT2D eigenvalue weighted by atomic mass is 16.5. The first-order chi connectivity index (χ1) is 12.5. The van der Waals surface area contributed by atoms with Crippen LogP contribution < -0.4 is 9.47 Å². The van der Waals surface area contributed by atoms with Crippen LogP contribution in [0.1, 0.15) is 22.7 Å². The third-order valence-electron chi connectivity index (χ3n) is 4.67. The topological polar surface area (TPSA) is 76.1 Å². The number of ether oxygens (including phenoxy) is 2. The minimum atomic E-state index is -1.02. The van der Waals surface area contributed by atoms with E-state index in [9.17, 15) is 14.7 Å². The summed E-state index contributed by atoms with van der Waals surface area (Å²) in [5.74, 6) is -0.0858. The predicted molar refractivity (Wildman–Crippen MR) is 95.5 cm³/mol. The lowest BCUT2D eigenvalue weighted by Crippen LogP contribution is -2.44. The number of carbonyl (C=O) groups excluding carboxylic acids is 1. The molecule has 2 aromatic rings. The molecule has 0 spiro atoms. The van der Waals surface area contributed by atoms with Crippen LogP contribution in [0.4, 0.5) is 0 Å². The van der Waals surface area contributed by atoms with Gasteiger partial charge in [0.05, 0.1) is 20.6 Å². The van der Waals surface area contributed by atoms with Gasteiger partial charge in [-0.2, -0.15) is 0 Å². The molecule has 0 bridgehead atoms. The molecule has 26 heavy (non-hydrogen) atoms. The van der Waals surface area contributed by atoms with E-state index in [1.165, 1.54) is 12.0 Å². The Morgan fingerprint density at radius 1 is 1.15 bits per heavy atom. The van der Waals surface area contributed by atoms with Gasteiger partial charge in [-0.25, -0.2) is 4.79 Å². The van der Waals surface area contributed by atoms with Crippen LogP contribution in [0.2, 0.25) is 0 Å². The van der Waals surface area contributed by atoms with Crippen molar-refractivity contribution in [3.8, 4) is 11.5 Å². The van der Waals surface area contributed by atoms with E-state index in [0.717, 1.165) is 5.56 Å². The maximum atomic E-state index is 12.9. The Labute approximate surface area is 152 Å². The minimum Gasteiger partial charge on any atom is -0.497 e. The van der Waals surface area contributed by atoms with E-state index in [4.69, 9.17) is 9.47 Å². The summed E-state index contributed by atoms with van der Waals surface area (Å²) in [4.78, 5) is 26.2. The van der Waals surface area contributed by atoms with Crippen molar-refractivity contribution in [3.63, 3.8) is 0 Å². The number of amides is 1. The number of benzene rings is 2. The number of nitrogens with zero attached hydrogens (tertiary/aromatic N) is 1. The normalized spacial score (nSPS) is 15.9. The van der Waals surface area contributed by atoms with E-state index >= 15 is 0 Å². The van der Waals surface area contributed by atoms with Crippen molar-refractivity contribution in [2.75, 3.05) is 20.8 Å². The second-order valence-electron chi connectivity index (χ2n) is 6.13. The molecule has 0 radical (unpaired) electrons. The fourth-order valence-electron chi connectivity index (χ4n) is 3.39. The number of carboxylic acids is 1. The van der Waals surface area contributed by atoms with Gasteiger partial charge >= 0.3 is 5.97 Å². The van der Waals surface area contributed by atoms with E-state index < -0.39 is 12.0 Å². The molecule has 1 unspecified atom stereocenters. The van der Waals surface area contributed by atoms with Crippen molar-refractivity contribution < 1.29 is 24.2 Å². The van der Waals surface area contributed by atoms with Crippen molar-refractivity contribution in [3.05, 3.63) is 59.2 Å². The summed E-state index contributed by atoms with van der Waals surface area (Å²) >= 11 is 0. The van der Waals surface area contributed by atoms with Gasteiger partial charge in [-0.05, 0) is 35.7 Å². The zero-order chi connectivity index (χ0) is 18.7. The summed E-state index contributed by atoms with van der Waals surface area (Å²) in [5, 5.41) is 9.71. The molecule has 1 aliphatic rings. The molecule has 2 aromatic carbocycles. The Bertz CT molecular complexity index is 833. The van der Waals surface area contributed by atoms with Gasteiger partial charge in [0.2, 0.25) is 5.91 Å². The molecule has 0 aliphatic carbocycles.